The Balaban J connectivity index is 1.65. The standard InChI is InChI=1S/C24H27F3N6O/c1-14-19(6-5-7-21(14)24(25,26)27)15(2)29-23-20-12-18(13-28-22(20)30-16(3)31-23)33-10-8-32(9-11-33)17(4)34/h5-7,12-13,15H,8-11H2,1-4H3,(H,28,29,30,31)/t15-/m1/s1. The molecule has 0 spiro atoms. The molecule has 4 rings (SSSR count). The fraction of sp³-hybridized carbons (Fsp3) is 0.417. The molecule has 1 atom stereocenters. The molecule has 34 heavy (non-hydrogen) atoms. The molecule has 1 saturated heterocycles. The van der Waals surface area contributed by atoms with Crippen molar-refractivity contribution in [1.82, 2.24) is 19.9 Å². The van der Waals surface area contributed by atoms with Crippen molar-refractivity contribution < 1.29 is 18.0 Å². The van der Waals surface area contributed by atoms with E-state index >= 15 is 0 Å². The Morgan fingerprint density at radius 2 is 1.82 bits per heavy atom. The molecule has 10 heteroatoms. The van der Waals surface area contributed by atoms with Gasteiger partial charge in [-0.25, -0.2) is 15.0 Å². The van der Waals surface area contributed by atoms with Crippen molar-refractivity contribution in [2.45, 2.75) is 39.9 Å². The average Bonchev–Trinajstić information content (AvgIpc) is 2.78. The number of carbonyl (C=O) groups excluding carboxylic acids is 1. The zero-order valence-corrected chi connectivity index (χ0v) is 19.6. The number of fused-ring (bicyclic) bond motifs is 1. The summed E-state index contributed by atoms with van der Waals surface area (Å²) in [5, 5.41) is 3.97. The van der Waals surface area contributed by atoms with Gasteiger partial charge in [0, 0.05) is 33.1 Å². The number of aryl methyl sites for hydroxylation is 1. The van der Waals surface area contributed by atoms with Gasteiger partial charge < -0.3 is 15.1 Å². The van der Waals surface area contributed by atoms with Gasteiger partial charge in [0.25, 0.3) is 0 Å². The number of aromatic nitrogens is 3. The minimum Gasteiger partial charge on any atom is -0.367 e. The third-order valence-electron chi connectivity index (χ3n) is 6.24. The van der Waals surface area contributed by atoms with Gasteiger partial charge in [-0.1, -0.05) is 12.1 Å². The van der Waals surface area contributed by atoms with E-state index in [0.29, 0.717) is 54.4 Å². The summed E-state index contributed by atoms with van der Waals surface area (Å²) in [5.74, 6) is 1.09. The van der Waals surface area contributed by atoms with E-state index in [1.165, 1.54) is 13.0 Å². The van der Waals surface area contributed by atoms with Gasteiger partial charge >= 0.3 is 6.18 Å². The quantitative estimate of drug-likeness (QED) is 0.603. The number of pyridine rings is 1. The third-order valence-corrected chi connectivity index (χ3v) is 6.24. The lowest BCUT2D eigenvalue weighted by atomic mass is 9.97. The highest BCUT2D eigenvalue weighted by molar-refractivity contribution is 5.89. The summed E-state index contributed by atoms with van der Waals surface area (Å²) in [6.07, 6.45) is -2.66. The highest BCUT2D eigenvalue weighted by atomic mass is 19.4. The van der Waals surface area contributed by atoms with Gasteiger partial charge in [-0.05, 0) is 44.0 Å². The molecule has 0 aliphatic carbocycles. The van der Waals surface area contributed by atoms with Crippen LogP contribution in [0.2, 0.25) is 0 Å². The lowest BCUT2D eigenvalue weighted by molar-refractivity contribution is -0.138. The zero-order chi connectivity index (χ0) is 24.6. The van der Waals surface area contributed by atoms with Crippen LogP contribution in [-0.2, 0) is 11.0 Å². The Morgan fingerprint density at radius 3 is 2.47 bits per heavy atom. The Hall–Kier alpha value is -3.43. The van der Waals surface area contributed by atoms with Crippen LogP contribution in [0.15, 0.2) is 30.5 Å². The van der Waals surface area contributed by atoms with Crippen LogP contribution in [0, 0.1) is 13.8 Å². The number of rotatable bonds is 4. The topological polar surface area (TPSA) is 74.2 Å². The van der Waals surface area contributed by atoms with Crippen LogP contribution in [0.25, 0.3) is 11.0 Å². The van der Waals surface area contributed by atoms with Crippen molar-refractivity contribution in [3.8, 4) is 0 Å². The van der Waals surface area contributed by atoms with E-state index in [0.717, 1.165) is 11.8 Å². The lowest BCUT2D eigenvalue weighted by Gasteiger charge is -2.35. The predicted octanol–water partition coefficient (Wildman–Crippen LogP) is 4.50. The van der Waals surface area contributed by atoms with E-state index in [1.807, 2.05) is 17.9 Å². The molecule has 3 aromatic rings. The van der Waals surface area contributed by atoms with Gasteiger partial charge in [-0.15, -0.1) is 0 Å². The molecule has 2 aromatic heterocycles. The third kappa shape index (κ3) is 4.76. The van der Waals surface area contributed by atoms with Crippen molar-refractivity contribution in [2.75, 3.05) is 36.4 Å². The van der Waals surface area contributed by atoms with Crippen LogP contribution < -0.4 is 10.2 Å². The van der Waals surface area contributed by atoms with Gasteiger partial charge in [0.15, 0.2) is 5.65 Å². The second-order valence-corrected chi connectivity index (χ2v) is 8.56. The van der Waals surface area contributed by atoms with E-state index in [-0.39, 0.29) is 11.5 Å². The molecule has 1 aromatic carbocycles. The number of benzene rings is 1. The first kappa shape index (κ1) is 23.7. The molecule has 1 N–H and O–H groups in total. The van der Waals surface area contributed by atoms with Crippen LogP contribution in [-0.4, -0.2) is 51.9 Å². The van der Waals surface area contributed by atoms with Crippen LogP contribution >= 0.6 is 0 Å². The van der Waals surface area contributed by atoms with Crippen molar-refractivity contribution >= 4 is 28.4 Å². The second-order valence-electron chi connectivity index (χ2n) is 8.56. The summed E-state index contributed by atoms with van der Waals surface area (Å²) in [7, 11) is 0. The molecule has 3 heterocycles. The van der Waals surface area contributed by atoms with E-state index in [2.05, 4.69) is 25.2 Å². The molecule has 0 saturated carbocycles. The lowest BCUT2D eigenvalue weighted by Crippen LogP contribution is -2.48. The van der Waals surface area contributed by atoms with E-state index in [9.17, 15) is 18.0 Å². The van der Waals surface area contributed by atoms with Crippen molar-refractivity contribution in [3.05, 3.63) is 53.0 Å². The monoisotopic (exact) mass is 472 g/mol. The van der Waals surface area contributed by atoms with Crippen LogP contribution in [0.4, 0.5) is 24.7 Å². The zero-order valence-electron chi connectivity index (χ0n) is 19.6. The average molecular weight is 473 g/mol. The van der Waals surface area contributed by atoms with Gasteiger partial charge in [0.05, 0.1) is 28.9 Å². The minimum atomic E-state index is -4.41. The van der Waals surface area contributed by atoms with Gasteiger partial charge in [-0.3, -0.25) is 4.79 Å². The molecule has 0 bridgehead atoms. The minimum absolute atomic E-state index is 0.0607. The molecule has 180 valence electrons. The molecule has 7 nitrogen and oxygen atoms in total. The summed E-state index contributed by atoms with van der Waals surface area (Å²) >= 11 is 0. The number of halogens is 3. The maximum atomic E-state index is 13.4. The Morgan fingerprint density at radius 1 is 1.12 bits per heavy atom. The van der Waals surface area contributed by atoms with Crippen LogP contribution in [0.1, 0.15) is 42.4 Å². The molecule has 1 aliphatic rings. The highest BCUT2D eigenvalue weighted by Gasteiger charge is 2.33. The van der Waals surface area contributed by atoms with Crippen LogP contribution in [0.5, 0.6) is 0 Å². The van der Waals surface area contributed by atoms with Crippen molar-refractivity contribution in [2.24, 2.45) is 0 Å². The Labute approximate surface area is 196 Å². The van der Waals surface area contributed by atoms with Gasteiger partial charge in [0.2, 0.25) is 5.91 Å². The van der Waals surface area contributed by atoms with E-state index in [1.54, 1.807) is 26.1 Å². The molecular formula is C24H27F3N6O. The number of carbonyl (C=O) groups is 1. The number of anilines is 2. The van der Waals surface area contributed by atoms with Crippen molar-refractivity contribution in [1.29, 1.82) is 0 Å². The second kappa shape index (κ2) is 9.08. The van der Waals surface area contributed by atoms with Gasteiger partial charge in [-0.2, -0.15) is 13.2 Å². The first-order chi connectivity index (χ1) is 16.0. The van der Waals surface area contributed by atoms with E-state index < -0.39 is 17.8 Å². The molecule has 1 fully saturated rings. The predicted molar refractivity (Wildman–Crippen MR) is 125 cm³/mol. The molecule has 1 amide bonds. The first-order valence-corrected chi connectivity index (χ1v) is 11.1. The molecule has 1 aliphatic heterocycles. The first-order valence-electron chi connectivity index (χ1n) is 11.1. The summed E-state index contributed by atoms with van der Waals surface area (Å²) in [4.78, 5) is 29.0. The van der Waals surface area contributed by atoms with E-state index in [4.69, 9.17) is 0 Å². The Bertz CT molecular complexity index is 1220. The maximum absolute atomic E-state index is 13.4. The fourth-order valence-electron chi connectivity index (χ4n) is 4.39. The summed E-state index contributed by atoms with van der Waals surface area (Å²) in [6.45, 7) is 9.25. The largest absolute Gasteiger partial charge is 0.416 e. The summed E-state index contributed by atoms with van der Waals surface area (Å²) < 4.78 is 40.2. The maximum Gasteiger partial charge on any atom is 0.416 e. The number of amides is 1. The fourth-order valence-corrected chi connectivity index (χ4v) is 4.39. The number of nitrogens with one attached hydrogen (secondary N) is 1. The summed E-state index contributed by atoms with van der Waals surface area (Å²) in [6, 6.07) is 5.73. The molecular weight excluding hydrogens is 445 g/mol. The number of hydrogen-bond donors (Lipinski definition) is 1. The highest BCUT2D eigenvalue weighted by Crippen LogP contribution is 2.35. The number of alkyl halides is 3. The smallest absolute Gasteiger partial charge is 0.367 e. The number of nitrogens with zero attached hydrogens (tertiary/aromatic N) is 5. The molecule has 0 radical (unpaired) electrons. The SMILES string of the molecule is CC(=O)N1CCN(c2cnc3nc(C)nc(N[C@H](C)c4cccc(C(F)(F)F)c4C)c3c2)CC1. The van der Waals surface area contributed by atoms with Gasteiger partial charge in [0.1, 0.15) is 11.6 Å². The summed E-state index contributed by atoms with van der Waals surface area (Å²) in [5.41, 5.74) is 1.48. The number of piperazine rings is 1. The van der Waals surface area contributed by atoms with Crippen LogP contribution in [0.3, 0.4) is 0 Å². The molecule has 0 unspecified atom stereocenters. The normalized spacial score (nSPS) is 15.5. The van der Waals surface area contributed by atoms with Crippen molar-refractivity contribution in [3.63, 3.8) is 0 Å². The Kier molecular flexibility index (Phi) is 6.33. The number of hydrogen-bond acceptors (Lipinski definition) is 6.